The highest BCUT2D eigenvalue weighted by atomic mass is 16.4. The number of hydrogen-bond donors (Lipinski definition) is 2. The molecule has 0 radical (unpaired) electrons. The maximum atomic E-state index is 10.4. The predicted octanol–water partition coefficient (Wildman–Crippen LogP) is 0.774. The minimum Gasteiger partial charge on any atom is -0.477 e. The van der Waals surface area contributed by atoms with Crippen molar-refractivity contribution in [3.8, 4) is 0 Å². The Morgan fingerprint density at radius 1 is 1.69 bits per heavy atom. The van der Waals surface area contributed by atoms with Crippen LogP contribution in [0.2, 0.25) is 0 Å². The molecule has 0 atom stereocenters. The molecule has 4 heteroatoms. The lowest BCUT2D eigenvalue weighted by Crippen LogP contribution is -2.09. The zero-order valence-electron chi connectivity index (χ0n) is 7.19. The van der Waals surface area contributed by atoms with Gasteiger partial charge in [-0.15, -0.1) is 0 Å². The van der Waals surface area contributed by atoms with Crippen molar-refractivity contribution in [2.75, 3.05) is 0 Å². The molecule has 0 saturated heterocycles. The van der Waals surface area contributed by atoms with Gasteiger partial charge in [0.25, 0.3) is 0 Å². The highest BCUT2D eigenvalue weighted by Gasteiger charge is 2.01. The molecule has 3 N–H and O–H groups in total. The Kier molecular flexibility index (Phi) is 2.64. The summed E-state index contributed by atoms with van der Waals surface area (Å²) in [5, 5.41) is 8.53. The number of nitrogens with two attached hydrogens (primary N) is 1. The molecule has 0 aliphatic heterocycles. The SMILES string of the molecule is Cc1cnccc1/C=C(/N)C(=O)O. The van der Waals surface area contributed by atoms with E-state index in [-0.39, 0.29) is 5.70 Å². The summed E-state index contributed by atoms with van der Waals surface area (Å²) in [4.78, 5) is 14.3. The topological polar surface area (TPSA) is 76.2 Å². The summed E-state index contributed by atoms with van der Waals surface area (Å²) in [5.74, 6) is -1.11. The van der Waals surface area contributed by atoms with Gasteiger partial charge >= 0.3 is 5.97 Å². The van der Waals surface area contributed by atoms with Crippen LogP contribution < -0.4 is 5.73 Å². The van der Waals surface area contributed by atoms with E-state index in [1.807, 2.05) is 6.92 Å². The smallest absolute Gasteiger partial charge is 0.351 e. The lowest BCUT2D eigenvalue weighted by molar-refractivity contribution is -0.132. The highest BCUT2D eigenvalue weighted by Crippen LogP contribution is 2.08. The summed E-state index contributed by atoms with van der Waals surface area (Å²) in [7, 11) is 0. The summed E-state index contributed by atoms with van der Waals surface area (Å²) in [6.45, 7) is 1.84. The summed E-state index contributed by atoms with van der Waals surface area (Å²) in [5.41, 5.74) is 6.75. The summed E-state index contributed by atoms with van der Waals surface area (Å²) < 4.78 is 0. The molecule has 68 valence electrons. The lowest BCUT2D eigenvalue weighted by Gasteiger charge is -1.98. The van der Waals surface area contributed by atoms with Crippen molar-refractivity contribution in [2.24, 2.45) is 5.73 Å². The van der Waals surface area contributed by atoms with E-state index < -0.39 is 5.97 Å². The molecule has 0 aliphatic carbocycles. The second-order valence-electron chi connectivity index (χ2n) is 2.64. The first kappa shape index (κ1) is 9.25. The number of pyridine rings is 1. The van der Waals surface area contributed by atoms with Crippen LogP contribution in [-0.4, -0.2) is 16.1 Å². The van der Waals surface area contributed by atoms with Crippen LogP contribution in [0.5, 0.6) is 0 Å². The van der Waals surface area contributed by atoms with Gasteiger partial charge in [-0.3, -0.25) is 4.98 Å². The minimum atomic E-state index is -1.11. The highest BCUT2D eigenvalue weighted by molar-refractivity contribution is 5.91. The molecule has 0 spiro atoms. The number of nitrogens with zero attached hydrogens (tertiary/aromatic N) is 1. The van der Waals surface area contributed by atoms with E-state index in [0.717, 1.165) is 11.1 Å². The largest absolute Gasteiger partial charge is 0.477 e. The average molecular weight is 178 g/mol. The van der Waals surface area contributed by atoms with Crippen LogP contribution in [-0.2, 0) is 4.79 Å². The van der Waals surface area contributed by atoms with Crippen LogP contribution in [0, 0.1) is 6.92 Å². The maximum Gasteiger partial charge on any atom is 0.351 e. The van der Waals surface area contributed by atoms with E-state index in [0.29, 0.717) is 0 Å². The molecule has 0 unspecified atom stereocenters. The molecule has 0 fully saturated rings. The monoisotopic (exact) mass is 178 g/mol. The quantitative estimate of drug-likeness (QED) is 0.656. The van der Waals surface area contributed by atoms with Gasteiger partial charge in [-0.25, -0.2) is 4.79 Å². The number of carboxylic acid groups (broad SMARTS) is 1. The van der Waals surface area contributed by atoms with Crippen LogP contribution in [0.25, 0.3) is 6.08 Å². The fourth-order valence-corrected chi connectivity index (χ4v) is 0.875. The van der Waals surface area contributed by atoms with Crippen molar-refractivity contribution in [3.05, 3.63) is 35.3 Å². The Morgan fingerprint density at radius 3 is 2.92 bits per heavy atom. The van der Waals surface area contributed by atoms with Gasteiger partial charge < -0.3 is 10.8 Å². The molecule has 1 rings (SSSR count). The van der Waals surface area contributed by atoms with E-state index >= 15 is 0 Å². The zero-order chi connectivity index (χ0) is 9.84. The van der Waals surface area contributed by atoms with Crippen LogP contribution in [0.1, 0.15) is 11.1 Å². The van der Waals surface area contributed by atoms with Gasteiger partial charge in [-0.2, -0.15) is 0 Å². The van der Waals surface area contributed by atoms with Crippen molar-refractivity contribution >= 4 is 12.0 Å². The van der Waals surface area contributed by atoms with E-state index in [2.05, 4.69) is 4.98 Å². The van der Waals surface area contributed by atoms with Gasteiger partial charge in [0.05, 0.1) is 0 Å². The molecule has 1 aromatic heterocycles. The van der Waals surface area contributed by atoms with Gasteiger partial charge in [-0.05, 0) is 30.2 Å². The molecule has 0 saturated carbocycles. The number of carboxylic acids is 1. The van der Waals surface area contributed by atoms with E-state index in [4.69, 9.17) is 10.8 Å². The standard InChI is InChI=1S/C9H10N2O2/c1-6-5-11-3-2-7(6)4-8(10)9(12)13/h2-5H,10H2,1H3,(H,12,13)/b8-4+. The second-order valence-corrected chi connectivity index (χ2v) is 2.64. The van der Waals surface area contributed by atoms with Crippen molar-refractivity contribution in [1.82, 2.24) is 4.98 Å². The molecule has 0 bridgehead atoms. The maximum absolute atomic E-state index is 10.4. The third-order valence-electron chi connectivity index (χ3n) is 1.62. The third kappa shape index (κ3) is 2.30. The Bertz CT molecular complexity index is 358. The Balaban J connectivity index is 3.04. The number of hydrogen-bond acceptors (Lipinski definition) is 3. The van der Waals surface area contributed by atoms with Crippen molar-refractivity contribution < 1.29 is 9.90 Å². The zero-order valence-corrected chi connectivity index (χ0v) is 7.19. The van der Waals surface area contributed by atoms with Crippen LogP contribution in [0.15, 0.2) is 24.2 Å². The fraction of sp³-hybridized carbons (Fsp3) is 0.111. The molecule has 0 amide bonds. The Morgan fingerprint density at radius 2 is 2.38 bits per heavy atom. The van der Waals surface area contributed by atoms with E-state index in [1.165, 1.54) is 6.08 Å². The Labute approximate surface area is 75.7 Å². The van der Waals surface area contributed by atoms with Crippen LogP contribution in [0.4, 0.5) is 0 Å². The average Bonchev–Trinajstić information content (AvgIpc) is 2.08. The summed E-state index contributed by atoms with van der Waals surface area (Å²) >= 11 is 0. The van der Waals surface area contributed by atoms with E-state index in [1.54, 1.807) is 18.5 Å². The number of aryl methyl sites for hydroxylation is 1. The van der Waals surface area contributed by atoms with Gasteiger partial charge in [-0.1, -0.05) is 0 Å². The number of aliphatic carboxylic acids is 1. The molecule has 13 heavy (non-hydrogen) atoms. The first-order valence-electron chi connectivity index (χ1n) is 3.72. The third-order valence-corrected chi connectivity index (χ3v) is 1.62. The van der Waals surface area contributed by atoms with Crippen molar-refractivity contribution in [2.45, 2.75) is 6.92 Å². The first-order chi connectivity index (χ1) is 6.11. The van der Waals surface area contributed by atoms with Gasteiger partial charge in [0.1, 0.15) is 5.70 Å². The molecule has 0 aromatic carbocycles. The number of carbonyl (C=O) groups is 1. The Hall–Kier alpha value is -1.84. The molecule has 1 heterocycles. The molecular weight excluding hydrogens is 168 g/mol. The van der Waals surface area contributed by atoms with Gasteiger partial charge in [0, 0.05) is 12.4 Å². The summed E-state index contributed by atoms with van der Waals surface area (Å²) in [6, 6.07) is 1.71. The van der Waals surface area contributed by atoms with Gasteiger partial charge in [0.15, 0.2) is 0 Å². The van der Waals surface area contributed by atoms with Crippen LogP contribution >= 0.6 is 0 Å². The van der Waals surface area contributed by atoms with Crippen molar-refractivity contribution in [3.63, 3.8) is 0 Å². The minimum absolute atomic E-state index is 0.172. The van der Waals surface area contributed by atoms with E-state index in [9.17, 15) is 4.79 Å². The molecule has 0 aliphatic rings. The number of rotatable bonds is 2. The molecule has 1 aromatic rings. The summed E-state index contributed by atoms with van der Waals surface area (Å²) in [6.07, 6.45) is 4.66. The fourth-order valence-electron chi connectivity index (χ4n) is 0.875. The molecule has 4 nitrogen and oxygen atoms in total. The predicted molar refractivity (Wildman–Crippen MR) is 48.8 cm³/mol. The second kappa shape index (κ2) is 3.71. The number of aromatic nitrogens is 1. The van der Waals surface area contributed by atoms with Gasteiger partial charge in [0.2, 0.25) is 0 Å². The molecular formula is C9H10N2O2. The van der Waals surface area contributed by atoms with Crippen LogP contribution in [0.3, 0.4) is 0 Å². The normalized spacial score (nSPS) is 11.3. The van der Waals surface area contributed by atoms with Crippen molar-refractivity contribution in [1.29, 1.82) is 0 Å². The lowest BCUT2D eigenvalue weighted by atomic mass is 10.1. The first-order valence-corrected chi connectivity index (χ1v) is 3.72.